The van der Waals surface area contributed by atoms with Gasteiger partial charge in [-0.15, -0.1) is 0 Å². The lowest BCUT2D eigenvalue weighted by atomic mass is 9.88. The molecule has 5 heteroatoms. The van der Waals surface area contributed by atoms with Crippen molar-refractivity contribution in [2.45, 2.75) is 69.6 Å². The molecule has 0 spiro atoms. The SMILES string of the molecule is CC(=O)N1CCCC[C@@H]2[C@H]1CCCN2CC1(O)CCOCC1. The number of rotatable bonds is 2. The fourth-order valence-electron chi connectivity index (χ4n) is 4.52. The van der Waals surface area contributed by atoms with E-state index in [9.17, 15) is 9.90 Å². The molecule has 3 aliphatic rings. The quantitative estimate of drug-likeness (QED) is 0.837. The van der Waals surface area contributed by atoms with Crippen LogP contribution < -0.4 is 0 Å². The number of carbonyl (C=O) groups excluding carboxylic acids is 1. The standard InChI is InChI=1S/C17H30N2O3/c1-14(20)19-10-3-2-5-15-16(19)6-4-9-18(15)13-17(21)7-11-22-12-8-17/h15-16,21H,2-13H2,1H3/t15-,16-/m1/s1. The molecule has 0 aliphatic carbocycles. The van der Waals surface area contributed by atoms with E-state index >= 15 is 0 Å². The zero-order valence-corrected chi connectivity index (χ0v) is 13.8. The average molecular weight is 310 g/mol. The number of aliphatic hydroxyl groups is 1. The first-order chi connectivity index (χ1) is 10.6. The molecule has 3 heterocycles. The van der Waals surface area contributed by atoms with E-state index in [1.165, 1.54) is 6.42 Å². The summed E-state index contributed by atoms with van der Waals surface area (Å²) in [4.78, 5) is 16.6. The molecule has 22 heavy (non-hydrogen) atoms. The first-order valence-corrected chi connectivity index (χ1v) is 8.90. The number of fused-ring (bicyclic) bond motifs is 1. The van der Waals surface area contributed by atoms with E-state index in [1.54, 1.807) is 6.92 Å². The summed E-state index contributed by atoms with van der Waals surface area (Å²) >= 11 is 0. The Kier molecular flexibility index (Phi) is 5.05. The fraction of sp³-hybridized carbons (Fsp3) is 0.941. The molecule has 0 aromatic carbocycles. The highest BCUT2D eigenvalue weighted by Crippen LogP contribution is 2.32. The van der Waals surface area contributed by atoms with Gasteiger partial charge in [0.25, 0.3) is 0 Å². The number of amides is 1. The van der Waals surface area contributed by atoms with Gasteiger partial charge in [-0.2, -0.15) is 0 Å². The van der Waals surface area contributed by atoms with Gasteiger partial charge in [0.2, 0.25) is 5.91 Å². The van der Waals surface area contributed by atoms with Gasteiger partial charge in [-0.1, -0.05) is 6.42 Å². The lowest BCUT2D eigenvalue weighted by molar-refractivity contribution is -0.134. The fourth-order valence-corrected chi connectivity index (χ4v) is 4.52. The Bertz CT molecular complexity index is 395. The number of ether oxygens (including phenoxy) is 1. The molecule has 0 aromatic heterocycles. The maximum atomic E-state index is 12.0. The average Bonchev–Trinajstić information content (AvgIpc) is 2.71. The van der Waals surface area contributed by atoms with E-state index in [1.807, 2.05) is 0 Å². The third kappa shape index (κ3) is 3.47. The normalized spacial score (nSPS) is 33.1. The maximum Gasteiger partial charge on any atom is 0.219 e. The van der Waals surface area contributed by atoms with E-state index in [-0.39, 0.29) is 5.91 Å². The first-order valence-electron chi connectivity index (χ1n) is 8.90. The van der Waals surface area contributed by atoms with Crippen LogP contribution >= 0.6 is 0 Å². The molecule has 3 fully saturated rings. The third-order valence-electron chi connectivity index (χ3n) is 5.73. The van der Waals surface area contributed by atoms with Crippen molar-refractivity contribution in [3.63, 3.8) is 0 Å². The van der Waals surface area contributed by atoms with Gasteiger partial charge in [-0.25, -0.2) is 0 Å². The molecule has 0 aromatic rings. The van der Waals surface area contributed by atoms with Crippen molar-refractivity contribution in [1.82, 2.24) is 9.80 Å². The van der Waals surface area contributed by atoms with Crippen molar-refractivity contribution in [3.8, 4) is 0 Å². The van der Waals surface area contributed by atoms with Gasteiger partial charge in [0.15, 0.2) is 0 Å². The van der Waals surface area contributed by atoms with E-state index < -0.39 is 5.60 Å². The smallest absolute Gasteiger partial charge is 0.219 e. The Hall–Kier alpha value is -0.650. The molecule has 3 rings (SSSR count). The summed E-state index contributed by atoms with van der Waals surface area (Å²) in [6.45, 7) is 5.73. The lowest BCUT2D eigenvalue weighted by Gasteiger charge is -2.47. The monoisotopic (exact) mass is 310 g/mol. The lowest BCUT2D eigenvalue weighted by Crippen LogP contribution is -2.59. The molecular formula is C17H30N2O3. The molecule has 0 bridgehead atoms. The predicted octanol–water partition coefficient (Wildman–Crippen LogP) is 1.39. The third-order valence-corrected chi connectivity index (χ3v) is 5.73. The number of hydrogen-bond donors (Lipinski definition) is 1. The number of piperidine rings is 1. The van der Waals surface area contributed by atoms with Crippen LogP contribution in [0.15, 0.2) is 0 Å². The molecule has 3 aliphatic heterocycles. The number of carbonyl (C=O) groups is 1. The highest BCUT2D eigenvalue weighted by atomic mass is 16.5. The highest BCUT2D eigenvalue weighted by Gasteiger charge is 2.41. The molecule has 0 unspecified atom stereocenters. The van der Waals surface area contributed by atoms with E-state index in [4.69, 9.17) is 4.74 Å². The van der Waals surface area contributed by atoms with Crippen LogP contribution in [0, 0.1) is 0 Å². The molecule has 126 valence electrons. The van der Waals surface area contributed by atoms with Gasteiger partial charge in [-0.3, -0.25) is 9.69 Å². The molecule has 1 amide bonds. The van der Waals surface area contributed by atoms with Crippen molar-refractivity contribution in [3.05, 3.63) is 0 Å². The second-order valence-corrected chi connectivity index (χ2v) is 7.29. The Morgan fingerprint density at radius 2 is 1.86 bits per heavy atom. The van der Waals surface area contributed by atoms with Gasteiger partial charge in [0.1, 0.15) is 0 Å². The molecule has 2 atom stereocenters. The number of likely N-dealkylation sites (tertiary alicyclic amines) is 2. The van der Waals surface area contributed by atoms with Crippen molar-refractivity contribution in [1.29, 1.82) is 0 Å². The Labute approximate surface area is 133 Å². The van der Waals surface area contributed by atoms with E-state index in [0.29, 0.717) is 25.3 Å². The minimum Gasteiger partial charge on any atom is -0.388 e. The van der Waals surface area contributed by atoms with Crippen LogP contribution in [0.1, 0.15) is 51.9 Å². The second kappa shape index (κ2) is 6.85. The van der Waals surface area contributed by atoms with Gasteiger partial charge < -0.3 is 14.7 Å². The number of hydrogen-bond acceptors (Lipinski definition) is 4. The summed E-state index contributed by atoms with van der Waals surface area (Å²) in [6, 6.07) is 0.768. The van der Waals surface area contributed by atoms with Crippen LogP contribution in [0.2, 0.25) is 0 Å². The molecule has 0 saturated carbocycles. The summed E-state index contributed by atoms with van der Waals surface area (Å²) in [5.74, 6) is 0.212. The maximum absolute atomic E-state index is 12.0. The van der Waals surface area contributed by atoms with Gasteiger partial charge >= 0.3 is 0 Å². The largest absolute Gasteiger partial charge is 0.388 e. The van der Waals surface area contributed by atoms with Crippen molar-refractivity contribution in [2.24, 2.45) is 0 Å². The minimum absolute atomic E-state index is 0.212. The van der Waals surface area contributed by atoms with Crippen LogP contribution in [-0.2, 0) is 9.53 Å². The van der Waals surface area contributed by atoms with Crippen LogP contribution in [0.4, 0.5) is 0 Å². The van der Waals surface area contributed by atoms with Crippen molar-refractivity contribution in [2.75, 3.05) is 32.8 Å². The summed E-state index contributed by atoms with van der Waals surface area (Å²) in [7, 11) is 0. The highest BCUT2D eigenvalue weighted by molar-refractivity contribution is 5.73. The van der Waals surface area contributed by atoms with Crippen LogP contribution in [-0.4, -0.2) is 71.3 Å². The predicted molar refractivity (Wildman–Crippen MR) is 84.6 cm³/mol. The Morgan fingerprint density at radius 1 is 1.14 bits per heavy atom. The molecule has 3 saturated heterocycles. The summed E-state index contributed by atoms with van der Waals surface area (Å²) in [5.41, 5.74) is -0.604. The number of nitrogens with zero attached hydrogens (tertiary/aromatic N) is 2. The van der Waals surface area contributed by atoms with Gasteiger partial charge in [0, 0.05) is 58.2 Å². The minimum atomic E-state index is -0.604. The summed E-state index contributed by atoms with van der Waals surface area (Å²) < 4.78 is 5.40. The van der Waals surface area contributed by atoms with E-state index in [2.05, 4.69) is 9.80 Å². The molecule has 0 radical (unpaired) electrons. The Morgan fingerprint density at radius 3 is 2.59 bits per heavy atom. The zero-order chi connectivity index (χ0) is 15.6. The Balaban J connectivity index is 1.72. The number of β-amino-alcohol motifs (C(OH)–C–C–N with tert-alkyl or cyclic N) is 1. The zero-order valence-electron chi connectivity index (χ0n) is 13.8. The second-order valence-electron chi connectivity index (χ2n) is 7.29. The van der Waals surface area contributed by atoms with E-state index in [0.717, 1.165) is 58.2 Å². The van der Waals surface area contributed by atoms with Crippen LogP contribution in [0.25, 0.3) is 0 Å². The van der Waals surface area contributed by atoms with Gasteiger partial charge in [-0.05, 0) is 32.2 Å². The molecule has 5 nitrogen and oxygen atoms in total. The summed E-state index contributed by atoms with van der Waals surface area (Å²) in [5, 5.41) is 10.9. The molecular weight excluding hydrogens is 280 g/mol. The van der Waals surface area contributed by atoms with Crippen molar-refractivity contribution >= 4 is 5.91 Å². The summed E-state index contributed by atoms with van der Waals surface area (Å²) in [6.07, 6.45) is 7.15. The topological polar surface area (TPSA) is 53.0 Å². The van der Waals surface area contributed by atoms with Crippen LogP contribution in [0.5, 0.6) is 0 Å². The van der Waals surface area contributed by atoms with Gasteiger partial charge in [0.05, 0.1) is 5.60 Å². The van der Waals surface area contributed by atoms with Crippen LogP contribution in [0.3, 0.4) is 0 Å². The van der Waals surface area contributed by atoms with Crippen molar-refractivity contribution < 1.29 is 14.6 Å². The molecule has 1 N–H and O–H groups in total. The first kappa shape index (κ1) is 16.2.